The minimum Gasteiger partial charge on any atom is -0.496 e. The maximum absolute atomic E-state index is 5.49. The van der Waals surface area contributed by atoms with Crippen molar-refractivity contribution >= 4 is 11.3 Å². The Bertz CT molecular complexity index is 351. The smallest absolute Gasteiger partial charge is 0.134 e. The molecule has 0 radical (unpaired) electrons. The van der Waals surface area contributed by atoms with Gasteiger partial charge in [0, 0.05) is 6.04 Å². The number of ether oxygens (including phenoxy) is 1. The van der Waals surface area contributed by atoms with E-state index in [1.165, 1.54) is 62.7 Å². The highest BCUT2D eigenvalue weighted by Crippen LogP contribution is 2.33. The summed E-state index contributed by atoms with van der Waals surface area (Å²) in [6.07, 6.45) is 12.0. The summed E-state index contributed by atoms with van der Waals surface area (Å²) >= 11 is 1.82. The molecule has 21 heavy (non-hydrogen) atoms. The van der Waals surface area contributed by atoms with Gasteiger partial charge < -0.3 is 10.1 Å². The molecular formula is C18H33NOS. The van der Waals surface area contributed by atoms with E-state index in [1.54, 1.807) is 7.11 Å². The number of unbranched alkanes of at least 4 members (excludes halogenated alkanes) is 6. The van der Waals surface area contributed by atoms with Gasteiger partial charge in [0.25, 0.3) is 0 Å². The van der Waals surface area contributed by atoms with Crippen molar-refractivity contribution in [3.63, 3.8) is 0 Å². The third-order valence-electron chi connectivity index (χ3n) is 3.93. The van der Waals surface area contributed by atoms with Crippen LogP contribution in [0.1, 0.15) is 82.6 Å². The Balaban J connectivity index is 2.33. The Hall–Kier alpha value is -0.540. The summed E-state index contributed by atoms with van der Waals surface area (Å²) in [5.74, 6) is 1.05. The maximum atomic E-state index is 5.49. The van der Waals surface area contributed by atoms with Crippen LogP contribution in [0.5, 0.6) is 5.75 Å². The molecule has 0 spiro atoms. The molecule has 2 nitrogen and oxygen atoms in total. The van der Waals surface area contributed by atoms with E-state index in [4.69, 9.17) is 4.74 Å². The molecule has 0 amide bonds. The van der Waals surface area contributed by atoms with Gasteiger partial charge in [0.1, 0.15) is 5.75 Å². The molecule has 0 saturated heterocycles. The first kappa shape index (κ1) is 18.5. The largest absolute Gasteiger partial charge is 0.496 e. The monoisotopic (exact) mass is 311 g/mol. The summed E-state index contributed by atoms with van der Waals surface area (Å²) in [7, 11) is 1.77. The van der Waals surface area contributed by atoms with Gasteiger partial charge >= 0.3 is 0 Å². The van der Waals surface area contributed by atoms with Gasteiger partial charge in [-0.1, -0.05) is 58.8 Å². The van der Waals surface area contributed by atoms with Crippen molar-refractivity contribution in [1.82, 2.24) is 5.32 Å². The highest BCUT2D eigenvalue weighted by atomic mass is 32.1. The molecule has 1 rings (SSSR count). The second-order valence-electron chi connectivity index (χ2n) is 5.77. The second kappa shape index (κ2) is 12.0. The van der Waals surface area contributed by atoms with Crippen molar-refractivity contribution in [2.24, 2.45) is 0 Å². The Kier molecular flexibility index (Phi) is 10.6. The highest BCUT2D eigenvalue weighted by Gasteiger charge is 2.16. The van der Waals surface area contributed by atoms with Crippen LogP contribution in [-0.4, -0.2) is 13.7 Å². The molecule has 0 saturated carbocycles. The quantitative estimate of drug-likeness (QED) is 0.455. The minimum absolute atomic E-state index is 0.468. The first-order chi connectivity index (χ1) is 10.3. The van der Waals surface area contributed by atoms with Crippen LogP contribution in [0.25, 0.3) is 0 Å². The SMILES string of the molecule is CCCCCCCCCC(NCCC)c1sccc1OC. The van der Waals surface area contributed by atoms with Crippen molar-refractivity contribution in [1.29, 1.82) is 0 Å². The van der Waals surface area contributed by atoms with Crippen LogP contribution in [0.4, 0.5) is 0 Å². The van der Waals surface area contributed by atoms with Crippen LogP contribution in [0.3, 0.4) is 0 Å². The lowest BCUT2D eigenvalue weighted by molar-refractivity contribution is 0.396. The number of hydrogen-bond donors (Lipinski definition) is 1. The average molecular weight is 312 g/mol. The molecule has 1 N–H and O–H groups in total. The van der Waals surface area contributed by atoms with Crippen LogP contribution >= 0.6 is 11.3 Å². The standard InChI is InChI=1S/C18H33NOS/c1-4-6-7-8-9-10-11-12-16(19-14-5-2)18-17(20-3)13-15-21-18/h13,15-16,19H,4-12,14H2,1-3H3. The molecular weight excluding hydrogens is 278 g/mol. The number of nitrogens with one attached hydrogen (secondary N) is 1. The Morgan fingerprint density at radius 1 is 1.05 bits per heavy atom. The number of thiophene rings is 1. The lowest BCUT2D eigenvalue weighted by Gasteiger charge is -2.18. The summed E-state index contributed by atoms with van der Waals surface area (Å²) in [5.41, 5.74) is 0. The van der Waals surface area contributed by atoms with Gasteiger partial charge in [-0.05, 0) is 30.8 Å². The van der Waals surface area contributed by atoms with Gasteiger partial charge in [-0.15, -0.1) is 11.3 Å². The van der Waals surface area contributed by atoms with Crippen LogP contribution in [0.15, 0.2) is 11.4 Å². The fourth-order valence-corrected chi connectivity index (χ4v) is 3.65. The van der Waals surface area contributed by atoms with Crippen LogP contribution < -0.4 is 10.1 Å². The predicted octanol–water partition coefficient (Wildman–Crippen LogP) is 5.94. The zero-order valence-corrected chi connectivity index (χ0v) is 14.9. The second-order valence-corrected chi connectivity index (χ2v) is 6.72. The van der Waals surface area contributed by atoms with Crippen molar-refractivity contribution in [3.8, 4) is 5.75 Å². The van der Waals surface area contributed by atoms with Gasteiger partial charge in [0.05, 0.1) is 12.0 Å². The fourth-order valence-electron chi connectivity index (χ4n) is 2.68. The topological polar surface area (TPSA) is 21.3 Å². The van der Waals surface area contributed by atoms with E-state index in [0.717, 1.165) is 12.3 Å². The van der Waals surface area contributed by atoms with Gasteiger partial charge in [-0.25, -0.2) is 0 Å². The summed E-state index contributed by atoms with van der Waals surface area (Å²) in [5, 5.41) is 5.83. The van der Waals surface area contributed by atoms with Crippen molar-refractivity contribution in [2.45, 2.75) is 77.7 Å². The molecule has 1 atom stereocenters. The summed E-state index contributed by atoms with van der Waals surface area (Å²) < 4.78 is 5.49. The van der Waals surface area contributed by atoms with Gasteiger partial charge in [0.2, 0.25) is 0 Å². The lowest BCUT2D eigenvalue weighted by atomic mass is 10.0. The molecule has 0 fully saturated rings. The van der Waals surface area contributed by atoms with Crippen LogP contribution in [0.2, 0.25) is 0 Å². The molecule has 0 aromatic carbocycles. The lowest BCUT2D eigenvalue weighted by Crippen LogP contribution is -2.21. The van der Waals surface area contributed by atoms with E-state index < -0.39 is 0 Å². The molecule has 0 aliphatic carbocycles. The minimum atomic E-state index is 0.468. The maximum Gasteiger partial charge on any atom is 0.134 e. The van der Waals surface area contributed by atoms with Gasteiger partial charge in [0.15, 0.2) is 0 Å². The van der Waals surface area contributed by atoms with Crippen molar-refractivity contribution in [2.75, 3.05) is 13.7 Å². The highest BCUT2D eigenvalue weighted by molar-refractivity contribution is 7.10. The first-order valence-corrected chi connectivity index (χ1v) is 9.56. The van der Waals surface area contributed by atoms with Crippen molar-refractivity contribution < 1.29 is 4.74 Å². The Morgan fingerprint density at radius 3 is 2.43 bits per heavy atom. The van der Waals surface area contributed by atoms with Crippen molar-refractivity contribution in [3.05, 3.63) is 16.3 Å². The zero-order chi connectivity index (χ0) is 15.3. The van der Waals surface area contributed by atoms with E-state index in [9.17, 15) is 0 Å². The molecule has 0 aliphatic rings. The third-order valence-corrected chi connectivity index (χ3v) is 4.94. The molecule has 0 aliphatic heterocycles. The summed E-state index contributed by atoms with van der Waals surface area (Å²) in [4.78, 5) is 1.37. The molecule has 1 aromatic heterocycles. The number of methoxy groups -OCH3 is 1. The normalized spacial score (nSPS) is 12.5. The number of rotatable bonds is 13. The molecule has 1 heterocycles. The molecule has 3 heteroatoms. The van der Waals surface area contributed by atoms with Gasteiger partial charge in [-0.2, -0.15) is 0 Å². The van der Waals surface area contributed by atoms with Gasteiger partial charge in [-0.3, -0.25) is 0 Å². The average Bonchev–Trinajstić information content (AvgIpc) is 2.97. The zero-order valence-electron chi connectivity index (χ0n) is 14.1. The van der Waals surface area contributed by atoms with E-state index in [1.807, 2.05) is 11.3 Å². The summed E-state index contributed by atoms with van der Waals surface area (Å²) in [6.45, 7) is 5.59. The molecule has 1 aromatic rings. The molecule has 122 valence electrons. The predicted molar refractivity (Wildman–Crippen MR) is 94.5 cm³/mol. The Morgan fingerprint density at radius 2 is 1.76 bits per heavy atom. The van der Waals surface area contributed by atoms with E-state index in [2.05, 4.69) is 30.6 Å². The van der Waals surface area contributed by atoms with E-state index >= 15 is 0 Å². The Labute approximate surface area is 135 Å². The summed E-state index contributed by atoms with van der Waals surface area (Å²) in [6, 6.07) is 2.56. The van der Waals surface area contributed by atoms with Crippen LogP contribution in [-0.2, 0) is 0 Å². The third kappa shape index (κ3) is 7.32. The van der Waals surface area contributed by atoms with Crippen LogP contribution in [0, 0.1) is 0 Å². The van der Waals surface area contributed by atoms with E-state index in [0.29, 0.717) is 6.04 Å². The number of hydrogen-bond acceptors (Lipinski definition) is 3. The fraction of sp³-hybridized carbons (Fsp3) is 0.778. The molecule has 1 unspecified atom stereocenters. The first-order valence-electron chi connectivity index (χ1n) is 8.68. The van der Waals surface area contributed by atoms with E-state index in [-0.39, 0.29) is 0 Å². The molecule has 0 bridgehead atoms.